The molecule has 2 heterocycles. The Balaban J connectivity index is 2.00. The van der Waals surface area contributed by atoms with Crippen LogP contribution in [0.25, 0.3) is 0 Å². The van der Waals surface area contributed by atoms with E-state index in [0.29, 0.717) is 17.1 Å². The molecule has 3 rings (SSSR count). The molecule has 1 aromatic carbocycles. The fourth-order valence-electron chi connectivity index (χ4n) is 2.69. The summed E-state index contributed by atoms with van der Waals surface area (Å²) in [6.07, 6.45) is 2.05. The first-order valence-corrected chi connectivity index (χ1v) is 7.07. The van der Waals surface area contributed by atoms with Gasteiger partial charge in [0.15, 0.2) is 0 Å². The van der Waals surface area contributed by atoms with Gasteiger partial charge < -0.3 is 4.90 Å². The monoisotopic (exact) mass is 317 g/mol. The summed E-state index contributed by atoms with van der Waals surface area (Å²) in [5.41, 5.74) is 1.76. The number of amides is 1. The van der Waals surface area contributed by atoms with Crippen molar-refractivity contribution in [1.29, 1.82) is 0 Å². The Labute approximate surface area is 131 Å². The summed E-state index contributed by atoms with van der Waals surface area (Å²) in [6.45, 7) is 1.90. The number of fused-ring (bicyclic) bond motifs is 1. The molecule has 0 saturated carbocycles. The summed E-state index contributed by atoms with van der Waals surface area (Å²) in [5, 5.41) is 11.3. The van der Waals surface area contributed by atoms with E-state index >= 15 is 0 Å². The highest BCUT2D eigenvalue weighted by atomic mass is 35.5. The smallest absolute Gasteiger partial charge is 0.277 e. The molecule has 22 heavy (non-hydrogen) atoms. The zero-order chi connectivity index (χ0) is 15.9. The van der Waals surface area contributed by atoms with Crippen molar-refractivity contribution in [1.82, 2.24) is 4.98 Å². The molecule has 6 nitrogen and oxygen atoms in total. The number of pyridine rings is 1. The van der Waals surface area contributed by atoms with E-state index in [4.69, 9.17) is 11.6 Å². The molecular weight excluding hydrogens is 306 g/mol. The third-order valence-corrected chi connectivity index (χ3v) is 3.88. The molecule has 0 unspecified atom stereocenters. The van der Waals surface area contributed by atoms with Gasteiger partial charge >= 0.3 is 0 Å². The SMILES string of the molecule is C[C@H]1Cc2cc([N+](=O)[O-])ccc2N1C(=O)c1cc(Cl)ccn1. The number of anilines is 1. The molecule has 0 radical (unpaired) electrons. The fraction of sp³-hybridized carbons (Fsp3) is 0.200. The third-order valence-electron chi connectivity index (χ3n) is 3.65. The van der Waals surface area contributed by atoms with Gasteiger partial charge in [0.25, 0.3) is 11.6 Å². The Kier molecular flexibility index (Phi) is 3.54. The number of rotatable bonds is 2. The van der Waals surface area contributed by atoms with Gasteiger partial charge in [-0.25, -0.2) is 0 Å². The predicted octanol–water partition coefficient (Wildman–Crippen LogP) is 3.23. The highest BCUT2D eigenvalue weighted by molar-refractivity contribution is 6.31. The standard InChI is InChI=1S/C15H12ClN3O3/c1-9-6-10-7-12(19(21)22)2-3-14(10)18(9)15(20)13-8-11(16)4-5-17-13/h2-5,7-9H,6H2,1H3/t9-/m0/s1. The van der Waals surface area contributed by atoms with E-state index in [1.165, 1.54) is 24.4 Å². The number of nitro benzene ring substituents is 1. The number of carbonyl (C=O) groups is 1. The molecule has 0 bridgehead atoms. The van der Waals surface area contributed by atoms with Gasteiger partial charge in [-0.1, -0.05) is 11.6 Å². The molecule has 0 N–H and O–H groups in total. The molecule has 0 spiro atoms. The van der Waals surface area contributed by atoms with E-state index in [2.05, 4.69) is 4.98 Å². The number of hydrogen-bond acceptors (Lipinski definition) is 4. The van der Waals surface area contributed by atoms with Crippen molar-refractivity contribution in [3.05, 3.63) is 62.9 Å². The molecule has 112 valence electrons. The highest BCUT2D eigenvalue weighted by Crippen LogP contribution is 2.35. The number of hydrogen-bond donors (Lipinski definition) is 0. The predicted molar refractivity (Wildman–Crippen MR) is 82.3 cm³/mol. The van der Waals surface area contributed by atoms with Gasteiger partial charge in [-0.05, 0) is 37.1 Å². The van der Waals surface area contributed by atoms with Crippen LogP contribution < -0.4 is 4.90 Å². The Morgan fingerprint density at radius 1 is 1.41 bits per heavy atom. The summed E-state index contributed by atoms with van der Waals surface area (Å²) < 4.78 is 0. The van der Waals surface area contributed by atoms with E-state index in [-0.39, 0.29) is 23.3 Å². The van der Waals surface area contributed by atoms with Crippen molar-refractivity contribution in [3.63, 3.8) is 0 Å². The van der Waals surface area contributed by atoms with Crippen LogP contribution in [0.2, 0.25) is 5.02 Å². The lowest BCUT2D eigenvalue weighted by Gasteiger charge is -2.22. The topological polar surface area (TPSA) is 76.3 Å². The maximum absolute atomic E-state index is 12.7. The number of nitrogens with zero attached hydrogens (tertiary/aromatic N) is 3. The first-order valence-electron chi connectivity index (χ1n) is 6.70. The van der Waals surface area contributed by atoms with Gasteiger partial charge in [0.05, 0.1) is 4.92 Å². The number of benzene rings is 1. The van der Waals surface area contributed by atoms with Crippen molar-refractivity contribution in [2.45, 2.75) is 19.4 Å². The first-order chi connectivity index (χ1) is 10.5. The Bertz CT molecular complexity index is 778. The second kappa shape index (κ2) is 5.38. The Morgan fingerprint density at radius 3 is 2.86 bits per heavy atom. The molecular formula is C15H12ClN3O3. The van der Waals surface area contributed by atoms with E-state index < -0.39 is 4.92 Å². The zero-order valence-electron chi connectivity index (χ0n) is 11.7. The number of carbonyl (C=O) groups excluding carboxylic acids is 1. The highest BCUT2D eigenvalue weighted by Gasteiger charge is 2.33. The molecule has 1 aliphatic rings. The molecule has 1 aliphatic heterocycles. The fourth-order valence-corrected chi connectivity index (χ4v) is 2.85. The molecule has 0 aliphatic carbocycles. The maximum atomic E-state index is 12.7. The van der Waals surface area contributed by atoms with E-state index in [0.717, 1.165) is 5.56 Å². The normalized spacial score (nSPS) is 16.5. The van der Waals surface area contributed by atoms with Crippen LogP contribution in [0.3, 0.4) is 0 Å². The van der Waals surface area contributed by atoms with Crippen LogP contribution in [-0.4, -0.2) is 21.9 Å². The van der Waals surface area contributed by atoms with E-state index in [1.807, 2.05) is 6.92 Å². The van der Waals surface area contributed by atoms with Gasteiger partial charge in [-0.3, -0.25) is 19.9 Å². The quantitative estimate of drug-likeness (QED) is 0.629. The minimum absolute atomic E-state index is 0.0288. The molecule has 1 atom stereocenters. The van der Waals surface area contributed by atoms with Crippen molar-refractivity contribution in [3.8, 4) is 0 Å². The molecule has 1 amide bonds. The first kappa shape index (κ1) is 14.5. The molecule has 2 aromatic rings. The van der Waals surface area contributed by atoms with Gasteiger partial charge in [-0.2, -0.15) is 0 Å². The van der Waals surface area contributed by atoms with E-state index in [9.17, 15) is 14.9 Å². The average Bonchev–Trinajstić information content (AvgIpc) is 2.81. The number of non-ortho nitro benzene ring substituents is 1. The zero-order valence-corrected chi connectivity index (χ0v) is 12.4. The van der Waals surface area contributed by atoms with Crippen LogP contribution >= 0.6 is 11.6 Å². The summed E-state index contributed by atoms with van der Waals surface area (Å²) in [7, 11) is 0. The van der Waals surface area contributed by atoms with Crippen molar-refractivity contribution >= 4 is 28.9 Å². The molecule has 0 saturated heterocycles. The van der Waals surface area contributed by atoms with Gasteiger partial charge in [0.1, 0.15) is 5.69 Å². The van der Waals surface area contributed by atoms with Crippen LogP contribution in [0.1, 0.15) is 23.0 Å². The van der Waals surface area contributed by atoms with Crippen molar-refractivity contribution in [2.24, 2.45) is 0 Å². The minimum atomic E-state index is -0.437. The second-order valence-electron chi connectivity index (χ2n) is 5.16. The maximum Gasteiger partial charge on any atom is 0.277 e. The van der Waals surface area contributed by atoms with Crippen LogP contribution in [-0.2, 0) is 6.42 Å². The van der Waals surface area contributed by atoms with Crippen LogP contribution in [0.4, 0.5) is 11.4 Å². The number of aromatic nitrogens is 1. The van der Waals surface area contributed by atoms with Gasteiger partial charge in [0, 0.05) is 35.1 Å². The Hall–Kier alpha value is -2.47. The molecule has 7 heteroatoms. The number of nitro groups is 1. The lowest BCUT2D eigenvalue weighted by atomic mass is 10.1. The Morgan fingerprint density at radius 2 is 2.18 bits per heavy atom. The van der Waals surface area contributed by atoms with Crippen LogP contribution in [0.15, 0.2) is 36.5 Å². The number of halogens is 1. The summed E-state index contributed by atoms with van der Waals surface area (Å²) >= 11 is 5.90. The van der Waals surface area contributed by atoms with Gasteiger partial charge in [0.2, 0.25) is 0 Å². The van der Waals surface area contributed by atoms with Crippen molar-refractivity contribution < 1.29 is 9.72 Å². The van der Waals surface area contributed by atoms with Crippen LogP contribution in [0, 0.1) is 10.1 Å². The van der Waals surface area contributed by atoms with Crippen molar-refractivity contribution in [2.75, 3.05) is 4.90 Å². The summed E-state index contributed by atoms with van der Waals surface area (Å²) in [5.74, 6) is -0.261. The van der Waals surface area contributed by atoms with Gasteiger partial charge in [-0.15, -0.1) is 0 Å². The molecule has 1 aromatic heterocycles. The third kappa shape index (κ3) is 2.42. The second-order valence-corrected chi connectivity index (χ2v) is 5.59. The lowest BCUT2D eigenvalue weighted by Crippen LogP contribution is -2.36. The minimum Gasteiger partial charge on any atom is -0.304 e. The summed E-state index contributed by atoms with van der Waals surface area (Å²) in [4.78, 5) is 28.7. The molecule has 0 fully saturated rings. The summed E-state index contributed by atoms with van der Waals surface area (Å²) in [6, 6.07) is 7.56. The average molecular weight is 318 g/mol. The van der Waals surface area contributed by atoms with E-state index in [1.54, 1.807) is 17.0 Å². The van der Waals surface area contributed by atoms with Crippen LogP contribution in [0.5, 0.6) is 0 Å². The lowest BCUT2D eigenvalue weighted by molar-refractivity contribution is -0.384. The largest absolute Gasteiger partial charge is 0.304 e.